The maximum atomic E-state index is 14.3. The van der Waals surface area contributed by atoms with Gasteiger partial charge in [0.15, 0.2) is 11.6 Å². The normalized spacial score (nSPS) is 28.0. The van der Waals surface area contributed by atoms with Crippen molar-refractivity contribution in [2.24, 2.45) is 5.92 Å². The maximum absolute atomic E-state index is 14.3. The van der Waals surface area contributed by atoms with E-state index in [-0.39, 0.29) is 37.2 Å². The largest absolute Gasteiger partial charge is 0.444 e. The molecule has 15 nitrogen and oxygen atoms in total. The van der Waals surface area contributed by atoms with Gasteiger partial charge in [-0.3, -0.25) is 19.1 Å². The van der Waals surface area contributed by atoms with Gasteiger partial charge in [-0.2, -0.15) is 4.80 Å². The minimum Gasteiger partial charge on any atom is -0.444 e. The van der Waals surface area contributed by atoms with Crippen LogP contribution in [0.15, 0.2) is 30.4 Å². The number of tetrazole rings is 1. The highest BCUT2D eigenvalue weighted by molar-refractivity contribution is 7.91. The van der Waals surface area contributed by atoms with Crippen LogP contribution in [0.2, 0.25) is 0 Å². The average Bonchev–Trinajstić information content (AvgIpc) is 3.92. The molecule has 6 rings (SSSR count). The Morgan fingerprint density at radius 1 is 1.08 bits per heavy atom. The Hall–Kier alpha value is -4.48. The quantitative estimate of drug-likeness (QED) is 0.372. The number of sulfonamides is 1. The van der Waals surface area contributed by atoms with E-state index in [2.05, 4.69) is 30.8 Å². The molecule has 3 N–H and O–H groups in total. The van der Waals surface area contributed by atoms with Gasteiger partial charge < -0.3 is 20.3 Å². The summed E-state index contributed by atoms with van der Waals surface area (Å²) in [5.74, 6) is -4.74. The molecule has 1 aromatic carbocycles. The van der Waals surface area contributed by atoms with Crippen molar-refractivity contribution in [3.8, 4) is 11.4 Å². The SMILES string of the molecule is CC(C)(C)OC(=O)N[C@H]1CCCCC/C=C/C2C[C@@]2(C(=O)NS(=O)(=O)C2CC2)NC(=O)[C@@H]2C[C@@H](n3nnc(-c4ccc(F)c(F)c4)n3)CN2C1=O. The third-order valence-electron chi connectivity index (χ3n) is 9.48. The number of nitrogens with zero attached hydrogens (tertiary/aromatic N) is 5. The average molecular weight is 733 g/mol. The Labute approximate surface area is 294 Å². The van der Waals surface area contributed by atoms with Crippen LogP contribution in [-0.2, 0) is 29.1 Å². The number of nitrogens with one attached hydrogen (secondary N) is 3. The fourth-order valence-corrected chi connectivity index (χ4v) is 7.89. The van der Waals surface area contributed by atoms with Gasteiger partial charge in [0.25, 0.3) is 5.91 Å². The maximum Gasteiger partial charge on any atom is 0.408 e. The topological polar surface area (TPSA) is 195 Å². The summed E-state index contributed by atoms with van der Waals surface area (Å²) in [6.45, 7) is 4.97. The molecule has 4 amide bonds. The smallest absolute Gasteiger partial charge is 0.408 e. The number of carbonyl (C=O) groups is 4. The zero-order chi connectivity index (χ0) is 36.7. The third kappa shape index (κ3) is 8.20. The van der Waals surface area contributed by atoms with Crippen LogP contribution < -0.4 is 15.4 Å². The molecule has 2 aromatic rings. The van der Waals surface area contributed by atoms with Crippen molar-refractivity contribution in [2.75, 3.05) is 6.54 Å². The molecule has 276 valence electrons. The highest BCUT2D eigenvalue weighted by Crippen LogP contribution is 2.46. The highest BCUT2D eigenvalue weighted by atomic mass is 32.2. The second kappa shape index (κ2) is 13.9. The minimum absolute atomic E-state index is 0.0151. The van der Waals surface area contributed by atoms with E-state index in [9.17, 15) is 36.4 Å². The first-order valence-electron chi connectivity index (χ1n) is 17.2. The van der Waals surface area contributed by atoms with Crippen LogP contribution in [-0.4, -0.2) is 92.4 Å². The number of alkyl carbamates (subject to hydrolysis) is 1. The van der Waals surface area contributed by atoms with E-state index in [0.29, 0.717) is 25.7 Å². The van der Waals surface area contributed by atoms with Crippen molar-refractivity contribution in [1.29, 1.82) is 0 Å². The van der Waals surface area contributed by atoms with Gasteiger partial charge in [0.1, 0.15) is 23.2 Å². The van der Waals surface area contributed by atoms with Crippen LogP contribution >= 0.6 is 0 Å². The first kappa shape index (κ1) is 36.3. The molecule has 18 heteroatoms. The zero-order valence-corrected chi connectivity index (χ0v) is 29.4. The number of amides is 4. The molecule has 0 spiro atoms. The third-order valence-corrected chi connectivity index (χ3v) is 11.3. The lowest BCUT2D eigenvalue weighted by Crippen LogP contribution is -2.58. The van der Waals surface area contributed by atoms with Gasteiger partial charge >= 0.3 is 6.09 Å². The summed E-state index contributed by atoms with van der Waals surface area (Å²) in [6, 6.07) is 0.159. The van der Waals surface area contributed by atoms with Crippen LogP contribution in [0.4, 0.5) is 13.6 Å². The predicted molar refractivity (Wildman–Crippen MR) is 177 cm³/mol. The van der Waals surface area contributed by atoms with Crippen LogP contribution in [0.1, 0.15) is 84.6 Å². The Balaban J connectivity index is 1.31. The molecule has 0 radical (unpaired) electrons. The molecule has 3 fully saturated rings. The first-order valence-corrected chi connectivity index (χ1v) is 18.7. The first-order chi connectivity index (χ1) is 24.1. The molecular weight excluding hydrogens is 690 g/mol. The number of aromatic nitrogens is 4. The lowest BCUT2D eigenvalue weighted by Gasteiger charge is -2.30. The fraction of sp³-hybridized carbons (Fsp3) is 0.606. The summed E-state index contributed by atoms with van der Waals surface area (Å²) < 4.78 is 60.6. The molecule has 4 aliphatic rings. The van der Waals surface area contributed by atoms with Crippen molar-refractivity contribution >= 4 is 33.8 Å². The van der Waals surface area contributed by atoms with E-state index in [1.165, 1.54) is 15.8 Å². The number of benzene rings is 1. The van der Waals surface area contributed by atoms with Crippen LogP contribution in [0, 0.1) is 17.6 Å². The van der Waals surface area contributed by atoms with Crippen molar-refractivity contribution in [3.63, 3.8) is 0 Å². The van der Waals surface area contributed by atoms with Crippen molar-refractivity contribution in [2.45, 2.75) is 113 Å². The molecule has 3 heterocycles. The molecule has 2 aliphatic heterocycles. The molecule has 1 unspecified atom stereocenters. The lowest BCUT2D eigenvalue weighted by atomic mass is 10.0. The zero-order valence-electron chi connectivity index (χ0n) is 28.6. The number of rotatable bonds is 6. The molecule has 5 atom stereocenters. The predicted octanol–water partition coefficient (Wildman–Crippen LogP) is 2.66. The molecule has 2 saturated carbocycles. The van der Waals surface area contributed by atoms with E-state index < -0.39 is 85.9 Å². The number of ether oxygens (including phenoxy) is 1. The number of halogens is 2. The minimum atomic E-state index is -3.92. The summed E-state index contributed by atoms with van der Waals surface area (Å²) in [5, 5.41) is 17.2. The van der Waals surface area contributed by atoms with E-state index >= 15 is 0 Å². The molecular formula is C33H42F2N8O7S. The van der Waals surface area contributed by atoms with Gasteiger partial charge in [-0.1, -0.05) is 25.0 Å². The van der Waals surface area contributed by atoms with Crippen molar-refractivity contribution in [1.82, 2.24) is 40.5 Å². The molecule has 0 bridgehead atoms. The van der Waals surface area contributed by atoms with Gasteiger partial charge in [-0.25, -0.2) is 22.0 Å². The lowest BCUT2D eigenvalue weighted by molar-refractivity contribution is -0.141. The van der Waals surface area contributed by atoms with Gasteiger partial charge in [0, 0.05) is 24.4 Å². The molecule has 51 heavy (non-hydrogen) atoms. The fourth-order valence-electron chi connectivity index (χ4n) is 6.53. The Morgan fingerprint density at radius 3 is 2.55 bits per heavy atom. The number of hydrogen-bond acceptors (Lipinski definition) is 10. The summed E-state index contributed by atoms with van der Waals surface area (Å²) in [7, 11) is -3.92. The van der Waals surface area contributed by atoms with E-state index in [1.54, 1.807) is 20.8 Å². The van der Waals surface area contributed by atoms with Crippen LogP contribution in [0.25, 0.3) is 11.4 Å². The number of hydrogen-bond donors (Lipinski definition) is 3. The van der Waals surface area contributed by atoms with E-state index in [4.69, 9.17) is 4.74 Å². The Morgan fingerprint density at radius 2 is 1.84 bits per heavy atom. The summed E-state index contributed by atoms with van der Waals surface area (Å²) >= 11 is 0. The monoisotopic (exact) mass is 732 g/mol. The number of carbonyl (C=O) groups excluding carboxylic acids is 4. The number of allylic oxidation sites excluding steroid dienone is 1. The van der Waals surface area contributed by atoms with Gasteiger partial charge in [-0.05, 0) is 82.7 Å². The highest BCUT2D eigenvalue weighted by Gasteiger charge is 2.62. The van der Waals surface area contributed by atoms with E-state index in [0.717, 1.165) is 25.0 Å². The number of fused-ring (bicyclic) bond motifs is 2. The van der Waals surface area contributed by atoms with Gasteiger partial charge in [0.05, 0.1) is 11.3 Å². The van der Waals surface area contributed by atoms with Crippen LogP contribution in [0.5, 0.6) is 0 Å². The molecule has 2 aliphatic carbocycles. The standard InChI is InChI=1S/C33H42F2N8O7S/c1-32(2,3)50-31(47)36-25-10-8-6-4-5-7-9-20-17-33(20,30(46)40-51(48,49)22-12-13-22)37-28(44)26-16-21(18-42(26)29(25)45)43-39-27(38-41-43)19-11-14-23(34)24(35)15-19/h7,9,11,14-15,20-22,25-26H,4-6,8,10,12-13,16-18H2,1-3H3,(H,36,47)(H,37,44)(H,40,46)/b9-7+/t20?,21-,25+,26+,33-/m1/s1. The van der Waals surface area contributed by atoms with Crippen molar-refractivity contribution in [3.05, 3.63) is 42.0 Å². The van der Waals surface area contributed by atoms with Gasteiger partial charge in [0.2, 0.25) is 27.7 Å². The molecule has 1 saturated heterocycles. The summed E-state index contributed by atoms with van der Waals surface area (Å²) in [6.07, 6.45) is 6.89. The second-order valence-electron chi connectivity index (χ2n) is 14.7. The summed E-state index contributed by atoms with van der Waals surface area (Å²) in [5.41, 5.74) is -2.24. The Kier molecular flexibility index (Phi) is 9.91. The second-order valence-corrected chi connectivity index (χ2v) is 16.6. The molecule has 1 aromatic heterocycles. The van der Waals surface area contributed by atoms with Gasteiger partial charge in [-0.15, -0.1) is 10.2 Å². The van der Waals surface area contributed by atoms with E-state index in [1.807, 2.05) is 12.2 Å². The Bertz CT molecular complexity index is 1840. The van der Waals surface area contributed by atoms with Crippen LogP contribution in [0.3, 0.4) is 0 Å². The summed E-state index contributed by atoms with van der Waals surface area (Å²) in [4.78, 5) is 57.5. The van der Waals surface area contributed by atoms with Crippen molar-refractivity contribution < 1.29 is 41.1 Å².